The van der Waals surface area contributed by atoms with E-state index in [0.29, 0.717) is 13.0 Å². The second-order valence-electron chi connectivity index (χ2n) is 2.38. The first-order chi connectivity index (χ1) is 4.48. The van der Waals surface area contributed by atoms with Crippen LogP contribution in [0.1, 0.15) is 13.3 Å². The summed E-state index contributed by atoms with van der Waals surface area (Å²) in [6, 6.07) is 0. The van der Waals surface area contributed by atoms with Crippen LogP contribution in [0, 0.1) is 0 Å². The quantitative estimate of drug-likeness (QED) is 0.427. The molecule has 0 fully saturated rings. The van der Waals surface area contributed by atoms with Gasteiger partial charge in [0.2, 0.25) is 0 Å². The third-order valence-corrected chi connectivity index (χ3v) is 3.12. The Bertz CT molecular complexity index is 176. The maximum absolute atomic E-state index is 10.8. The Kier molecular flexibility index (Phi) is 3.85. The fourth-order valence-corrected chi connectivity index (χ4v) is 1.05. The maximum Gasteiger partial charge on any atom is 0.150 e. The standard InChI is InChI=1S/C5H14N2O2S/c1-5(3-4-7-6)10(2,8)9/h5,7H,3-4,6H2,1-2H3/t5-/m0/s1. The van der Waals surface area contributed by atoms with Crippen LogP contribution in [0.5, 0.6) is 0 Å². The lowest BCUT2D eigenvalue weighted by Gasteiger charge is -2.06. The maximum atomic E-state index is 10.8. The number of nitrogens with one attached hydrogen (secondary N) is 1. The van der Waals surface area contributed by atoms with Crippen LogP contribution in [0.2, 0.25) is 0 Å². The minimum absolute atomic E-state index is 0.302. The van der Waals surface area contributed by atoms with Gasteiger partial charge in [0.05, 0.1) is 5.25 Å². The fourth-order valence-electron chi connectivity index (χ4n) is 0.501. The third-order valence-electron chi connectivity index (χ3n) is 1.43. The molecule has 0 saturated carbocycles. The first-order valence-corrected chi connectivity index (χ1v) is 5.06. The molecule has 0 aromatic carbocycles. The van der Waals surface area contributed by atoms with Gasteiger partial charge < -0.3 is 0 Å². The molecule has 0 unspecified atom stereocenters. The molecule has 3 N–H and O–H groups in total. The number of hydrazine groups is 1. The Morgan fingerprint density at radius 2 is 2.10 bits per heavy atom. The van der Waals surface area contributed by atoms with Gasteiger partial charge in [-0.3, -0.25) is 11.3 Å². The van der Waals surface area contributed by atoms with Gasteiger partial charge in [-0.15, -0.1) is 0 Å². The Morgan fingerprint density at radius 3 is 2.40 bits per heavy atom. The van der Waals surface area contributed by atoms with Crippen LogP contribution in [0.15, 0.2) is 0 Å². The van der Waals surface area contributed by atoms with Crippen molar-refractivity contribution in [2.75, 3.05) is 12.8 Å². The van der Waals surface area contributed by atoms with Crippen molar-refractivity contribution in [2.24, 2.45) is 5.84 Å². The molecule has 0 radical (unpaired) electrons. The van der Waals surface area contributed by atoms with Crippen LogP contribution in [-0.4, -0.2) is 26.5 Å². The molecule has 4 nitrogen and oxygen atoms in total. The van der Waals surface area contributed by atoms with E-state index in [1.165, 1.54) is 6.26 Å². The molecule has 10 heavy (non-hydrogen) atoms. The smallest absolute Gasteiger partial charge is 0.150 e. The number of hydrogen-bond acceptors (Lipinski definition) is 4. The lowest BCUT2D eigenvalue weighted by atomic mass is 10.3. The normalized spacial score (nSPS) is 15.1. The van der Waals surface area contributed by atoms with Crippen molar-refractivity contribution in [1.29, 1.82) is 0 Å². The molecular weight excluding hydrogens is 152 g/mol. The number of nitrogens with two attached hydrogens (primary N) is 1. The molecule has 0 heterocycles. The van der Waals surface area contributed by atoms with E-state index < -0.39 is 9.84 Å². The average molecular weight is 166 g/mol. The summed E-state index contributed by atoms with van der Waals surface area (Å²) in [6.07, 6.45) is 1.80. The van der Waals surface area contributed by atoms with E-state index in [-0.39, 0.29) is 5.25 Å². The van der Waals surface area contributed by atoms with E-state index in [0.717, 1.165) is 0 Å². The van der Waals surface area contributed by atoms with E-state index in [1.807, 2.05) is 0 Å². The molecular formula is C5H14N2O2S. The summed E-state index contributed by atoms with van der Waals surface area (Å²) in [5, 5.41) is -0.302. The van der Waals surface area contributed by atoms with Crippen LogP contribution in [0.3, 0.4) is 0 Å². The van der Waals surface area contributed by atoms with Crippen molar-refractivity contribution in [3.05, 3.63) is 0 Å². The van der Waals surface area contributed by atoms with E-state index in [4.69, 9.17) is 5.84 Å². The van der Waals surface area contributed by atoms with Crippen LogP contribution in [0.4, 0.5) is 0 Å². The van der Waals surface area contributed by atoms with Gasteiger partial charge in [0.15, 0.2) is 0 Å². The molecule has 0 bridgehead atoms. The van der Waals surface area contributed by atoms with Gasteiger partial charge in [-0.1, -0.05) is 0 Å². The molecule has 0 aliphatic heterocycles. The Balaban J connectivity index is 3.75. The van der Waals surface area contributed by atoms with Gasteiger partial charge in [-0.05, 0) is 13.3 Å². The average Bonchev–Trinajstić information content (AvgIpc) is 1.80. The molecule has 0 aliphatic carbocycles. The summed E-state index contributed by atoms with van der Waals surface area (Å²) in [5.74, 6) is 4.98. The number of sulfone groups is 1. The zero-order valence-electron chi connectivity index (χ0n) is 6.29. The summed E-state index contributed by atoms with van der Waals surface area (Å²) in [4.78, 5) is 0. The highest BCUT2D eigenvalue weighted by Gasteiger charge is 2.12. The van der Waals surface area contributed by atoms with Crippen LogP contribution in [0.25, 0.3) is 0 Å². The second kappa shape index (κ2) is 3.90. The minimum Gasteiger partial charge on any atom is -0.271 e. The molecule has 0 rings (SSSR count). The summed E-state index contributed by atoms with van der Waals surface area (Å²) in [6.45, 7) is 2.21. The van der Waals surface area contributed by atoms with Gasteiger partial charge in [0.25, 0.3) is 0 Å². The van der Waals surface area contributed by atoms with Crippen LogP contribution >= 0.6 is 0 Å². The lowest BCUT2D eigenvalue weighted by molar-refractivity contribution is 0.576. The SMILES string of the molecule is C[C@@H](CCNN)S(C)(=O)=O. The number of rotatable bonds is 4. The molecule has 62 valence electrons. The van der Waals surface area contributed by atoms with Crippen molar-refractivity contribution >= 4 is 9.84 Å². The molecule has 1 atom stereocenters. The summed E-state index contributed by atoms with van der Waals surface area (Å²) in [5.41, 5.74) is 2.41. The van der Waals surface area contributed by atoms with E-state index in [9.17, 15) is 8.42 Å². The number of hydrogen-bond donors (Lipinski definition) is 2. The molecule has 0 aromatic rings. The third kappa shape index (κ3) is 3.81. The van der Waals surface area contributed by atoms with Gasteiger partial charge in [-0.25, -0.2) is 8.42 Å². The van der Waals surface area contributed by atoms with Crippen molar-refractivity contribution in [3.63, 3.8) is 0 Å². The van der Waals surface area contributed by atoms with Gasteiger partial charge in [0.1, 0.15) is 9.84 Å². The predicted octanol–water partition coefficient (Wildman–Crippen LogP) is -0.727. The van der Waals surface area contributed by atoms with Crippen LogP contribution in [-0.2, 0) is 9.84 Å². The van der Waals surface area contributed by atoms with E-state index in [1.54, 1.807) is 6.92 Å². The highest BCUT2D eigenvalue weighted by molar-refractivity contribution is 7.91. The molecule has 0 aromatic heterocycles. The van der Waals surface area contributed by atoms with Gasteiger partial charge in [-0.2, -0.15) is 0 Å². The Morgan fingerprint density at radius 1 is 1.60 bits per heavy atom. The minimum atomic E-state index is -2.87. The summed E-state index contributed by atoms with van der Waals surface area (Å²) >= 11 is 0. The zero-order valence-corrected chi connectivity index (χ0v) is 7.11. The predicted molar refractivity (Wildman–Crippen MR) is 41.1 cm³/mol. The van der Waals surface area contributed by atoms with Crippen molar-refractivity contribution in [1.82, 2.24) is 5.43 Å². The monoisotopic (exact) mass is 166 g/mol. The Labute approximate surface area is 61.7 Å². The first kappa shape index (κ1) is 9.87. The molecule has 0 amide bonds. The topological polar surface area (TPSA) is 72.2 Å². The van der Waals surface area contributed by atoms with Crippen LogP contribution < -0.4 is 11.3 Å². The van der Waals surface area contributed by atoms with E-state index in [2.05, 4.69) is 5.43 Å². The summed E-state index contributed by atoms with van der Waals surface area (Å²) in [7, 11) is -2.87. The first-order valence-electron chi connectivity index (χ1n) is 3.11. The zero-order chi connectivity index (χ0) is 8.20. The van der Waals surface area contributed by atoms with Crippen molar-refractivity contribution < 1.29 is 8.42 Å². The van der Waals surface area contributed by atoms with Crippen molar-refractivity contribution in [3.8, 4) is 0 Å². The van der Waals surface area contributed by atoms with Crippen molar-refractivity contribution in [2.45, 2.75) is 18.6 Å². The highest BCUT2D eigenvalue weighted by atomic mass is 32.2. The lowest BCUT2D eigenvalue weighted by Crippen LogP contribution is -2.28. The van der Waals surface area contributed by atoms with E-state index >= 15 is 0 Å². The highest BCUT2D eigenvalue weighted by Crippen LogP contribution is 2.00. The fraction of sp³-hybridized carbons (Fsp3) is 1.00. The molecule has 0 saturated heterocycles. The Hall–Kier alpha value is -0.130. The molecule has 0 spiro atoms. The van der Waals surface area contributed by atoms with Gasteiger partial charge in [0, 0.05) is 12.8 Å². The molecule has 0 aliphatic rings. The summed E-state index contributed by atoms with van der Waals surface area (Å²) < 4.78 is 21.5. The van der Waals surface area contributed by atoms with Gasteiger partial charge >= 0.3 is 0 Å². The second-order valence-corrected chi connectivity index (χ2v) is 4.85. The largest absolute Gasteiger partial charge is 0.271 e. The molecule has 5 heteroatoms.